The van der Waals surface area contributed by atoms with Gasteiger partial charge in [0.15, 0.2) is 0 Å². The van der Waals surface area contributed by atoms with Crippen molar-refractivity contribution in [1.29, 1.82) is 0 Å². The molecule has 0 unspecified atom stereocenters. The molecule has 2 rings (SSSR count). The van der Waals surface area contributed by atoms with E-state index < -0.39 is 0 Å². The second kappa shape index (κ2) is 4.12. The fourth-order valence-electron chi connectivity index (χ4n) is 2.07. The van der Waals surface area contributed by atoms with E-state index in [1.807, 2.05) is 0 Å². The Morgan fingerprint density at radius 3 is 2.85 bits per heavy atom. The maximum atomic E-state index is 6.02. The van der Waals surface area contributed by atoms with Gasteiger partial charge in [-0.15, -0.1) is 12.4 Å². The van der Waals surface area contributed by atoms with E-state index >= 15 is 0 Å². The van der Waals surface area contributed by atoms with E-state index in [4.69, 9.17) is 5.73 Å². The summed E-state index contributed by atoms with van der Waals surface area (Å²) in [5, 5.41) is 0. The van der Waals surface area contributed by atoms with Crippen molar-refractivity contribution in [2.24, 2.45) is 5.73 Å². The van der Waals surface area contributed by atoms with Gasteiger partial charge in [-0.3, -0.25) is 0 Å². The van der Waals surface area contributed by atoms with Crippen LogP contribution in [-0.4, -0.2) is 0 Å². The monoisotopic (exact) mass is 197 g/mol. The average Bonchev–Trinajstić information content (AvgIpc) is 2.07. The molecule has 0 aliphatic heterocycles. The molecule has 1 nitrogen and oxygen atoms in total. The SMILES string of the molecule is Cc1cccc2c1CCC[C@H]2N.Cl. The maximum Gasteiger partial charge on any atom is 0.0297 e. The molecule has 2 N–H and O–H groups in total. The van der Waals surface area contributed by atoms with E-state index in [2.05, 4.69) is 25.1 Å². The number of hydrogen-bond acceptors (Lipinski definition) is 1. The minimum absolute atomic E-state index is 0. The van der Waals surface area contributed by atoms with E-state index in [-0.39, 0.29) is 18.4 Å². The van der Waals surface area contributed by atoms with Crippen molar-refractivity contribution in [3.63, 3.8) is 0 Å². The van der Waals surface area contributed by atoms with Gasteiger partial charge in [-0.1, -0.05) is 18.2 Å². The Balaban J connectivity index is 0.000000845. The number of aryl methyl sites for hydroxylation is 1. The third kappa shape index (κ3) is 1.87. The molecule has 1 aliphatic rings. The molecule has 0 amide bonds. The van der Waals surface area contributed by atoms with E-state index in [9.17, 15) is 0 Å². The summed E-state index contributed by atoms with van der Waals surface area (Å²) in [6.45, 7) is 2.18. The Morgan fingerprint density at radius 1 is 1.38 bits per heavy atom. The van der Waals surface area contributed by atoms with E-state index in [1.54, 1.807) is 0 Å². The highest BCUT2D eigenvalue weighted by atomic mass is 35.5. The van der Waals surface area contributed by atoms with Gasteiger partial charge in [-0.25, -0.2) is 0 Å². The molecule has 0 bridgehead atoms. The summed E-state index contributed by atoms with van der Waals surface area (Å²) in [6.07, 6.45) is 3.62. The Labute approximate surface area is 85.7 Å². The summed E-state index contributed by atoms with van der Waals surface area (Å²) in [7, 11) is 0. The van der Waals surface area contributed by atoms with Crippen LogP contribution >= 0.6 is 12.4 Å². The molecule has 0 fully saturated rings. The van der Waals surface area contributed by atoms with Crippen LogP contribution in [0, 0.1) is 6.92 Å². The molecular formula is C11H16ClN. The molecule has 1 aromatic carbocycles. The van der Waals surface area contributed by atoms with Crippen LogP contribution in [0.3, 0.4) is 0 Å². The minimum atomic E-state index is 0. The van der Waals surface area contributed by atoms with Crippen molar-refractivity contribution >= 4 is 12.4 Å². The predicted octanol–water partition coefficient (Wildman–Crippen LogP) is 2.75. The van der Waals surface area contributed by atoms with Crippen LogP contribution < -0.4 is 5.73 Å². The molecule has 72 valence electrons. The van der Waals surface area contributed by atoms with Crippen LogP contribution in [0.2, 0.25) is 0 Å². The topological polar surface area (TPSA) is 26.0 Å². The average molecular weight is 198 g/mol. The van der Waals surface area contributed by atoms with Crippen LogP contribution in [0.4, 0.5) is 0 Å². The molecule has 13 heavy (non-hydrogen) atoms. The van der Waals surface area contributed by atoms with Crippen molar-refractivity contribution in [2.45, 2.75) is 32.2 Å². The standard InChI is InChI=1S/C11H15N.ClH/c1-8-4-2-6-10-9(8)5-3-7-11(10)12;/h2,4,6,11H,3,5,7,12H2,1H3;1H/t11-;/m1./s1. The van der Waals surface area contributed by atoms with Gasteiger partial charge in [0.2, 0.25) is 0 Å². The van der Waals surface area contributed by atoms with Crippen LogP contribution in [0.1, 0.15) is 35.6 Å². The fourth-order valence-corrected chi connectivity index (χ4v) is 2.07. The maximum absolute atomic E-state index is 6.02. The zero-order valence-electron chi connectivity index (χ0n) is 7.92. The van der Waals surface area contributed by atoms with Gasteiger partial charge >= 0.3 is 0 Å². The molecule has 0 spiro atoms. The lowest BCUT2D eigenvalue weighted by atomic mass is 9.86. The van der Waals surface area contributed by atoms with Gasteiger partial charge in [0.1, 0.15) is 0 Å². The quantitative estimate of drug-likeness (QED) is 0.680. The van der Waals surface area contributed by atoms with Crippen molar-refractivity contribution in [2.75, 3.05) is 0 Å². The van der Waals surface area contributed by atoms with Gasteiger partial charge in [-0.2, -0.15) is 0 Å². The van der Waals surface area contributed by atoms with Crippen LogP contribution in [0.5, 0.6) is 0 Å². The lowest BCUT2D eigenvalue weighted by molar-refractivity contribution is 0.568. The fraction of sp³-hybridized carbons (Fsp3) is 0.455. The van der Waals surface area contributed by atoms with Crippen molar-refractivity contribution in [1.82, 2.24) is 0 Å². The summed E-state index contributed by atoms with van der Waals surface area (Å²) in [6, 6.07) is 6.75. The Hall–Kier alpha value is -0.530. The number of fused-ring (bicyclic) bond motifs is 1. The molecule has 1 atom stereocenters. The number of benzene rings is 1. The number of nitrogens with two attached hydrogens (primary N) is 1. The molecule has 0 radical (unpaired) electrons. The van der Waals surface area contributed by atoms with Crippen LogP contribution in [-0.2, 0) is 6.42 Å². The Kier molecular flexibility index (Phi) is 3.34. The molecule has 1 aromatic rings. The van der Waals surface area contributed by atoms with Crippen molar-refractivity contribution in [3.8, 4) is 0 Å². The van der Waals surface area contributed by atoms with Gasteiger partial charge in [0, 0.05) is 6.04 Å². The second-order valence-electron chi connectivity index (χ2n) is 3.64. The van der Waals surface area contributed by atoms with Gasteiger partial charge in [-0.05, 0) is 42.9 Å². The number of rotatable bonds is 0. The lowest BCUT2D eigenvalue weighted by Crippen LogP contribution is -2.17. The Morgan fingerprint density at radius 2 is 2.15 bits per heavy atom. The van der Waals surface area contributed by atoms with Gasteiger partial charge in [0.25, 0.3) is 0 Å². The smallest absolute Gasteiger partial charge is 0.0297 e. The lowest BCUT2D eigenvalue weighted by Gasteiger charge is -2.23. The second-order valence-corrected chi connectivity index (χ2v) is 3.64. The first-order chi connectivity index (χ1) is 5.79. The number of halogens is 1. The normalized spacial score (nSPS) is 20.3. The molecule has 1 aliphatic carbocycles. The first kappa shape index (κ1) is 10.6. The summed E-state index contributed by atoms with van der Waals surface area (Å²) >= 11 is 0. The van der Waals surface area contributed by atoms with E-state index in [0.29, 0.717) is 0 Å². The number of hydrogen-bond donors (Lipinski definition) is 1. The molecular weight excluding hydrogens is 182 g/mol. The third-order valence-corrected chi connectivity index (χ3v) is 2.79. The largest absolute Gasteiger partial charge is 0.324 e. The van der Waals surface area contributed by atoms with Gasteiger partial charge < -0.3 is 5.73 Å². The van der Waals surface area contributed by atoms with Crippen LogP contribution in [0.25, 0.3) is 0 Å². The van der Waals surface area contributed by atoms with Crippen LogP contribution in [0.15, 0.2) is 18.2 Å². The Bertz CT molecular complexity index is 296. The molecule has 0 heterocycles. The highest BCUT2D eigenvalue weighted by Crippen LogP contribution is 2.29. The minimum Gasteiger partial charge on any atom is -0.324 e. The van der Waals surface area contributed by atoms with Gasteiger partial charge in [0.05, 0.1) is 0 Å². The molecule has 0 saturated heterocycles. The zero-order chi connectivity index (χ0) is 8.55. The summed E-state index contributed by atoms with van der Waals surface area (Å²) in [4.78, 5) is 0. The van der Waals surface area contributed by atoms with E-state index in [0.717, 1.165) is 6.42 Å². The molecule has 0 aromatic heterocycles. The highest BCUT2D eigenvalue weighted by Gasteiger charge is 2.16. The summed E-state index contributed by atoms with van der Waals surface area (Å²) < 4.78 is 0. The van der Waals surface area contributed by atoms with Crippen molar-refractivity contribution in [3.05, 3.63) is 34.9 Å². The first-order valence-electron chi connectivity index (χ1n) is 4.63. The predicted molar refractivity (Wildman–Crippen MR) is 58.3 cm³/mol. The van der Waals surface area contributed by atoms with Crippen molar-refractivity contribution < 1.29 is 0 Å². The summed E-state index contributed by atoms with van der Waals surface area (Å²) in [5.74, 6) is 0. The third-order valence-electron chi connectivity index (χ3n) is 2.79. The van der Waals surface area contributed by atoms with E-state index in [1.165, 1.54) is 29.5 Å². The molecule has 2 heteroatoms. The first-order valence-corrected chi connectivity index (χ1v) is 4.63. The molecule has 0 saturated carbocycles. The summed E-state index contributed by atoms with van der Waals surface area (Å²) in [5.41, 5.74) is 10.3. The highest BCUT2D eigenvalue weighted by molar-refractivity contribution is 5.85. The zero-order valence-corrected chi connectivity index (χ0v) is 8.73.